The number of nitrogens with one attached hydrogen (secondary N) is 3. The van der Waals surface area contributed by atoms with E-state index in [0.717, 1.165) is 57.1 Å². The molecule has 4 N–H and O–H groups in total. The van der Waals surface area contributed by atoms with Crippen molar-refractivity contribution in [3.63, 3.8) is 0 Å². The van der Waals surface area contributed by atoms with Crippen LogP contribution in [0.25, 0.3) is 22.3 Å². The summed E-state index contributed by atoms with van der Waals surface area (Å²) in [6.45, 7) is 3.79. The molecule has 8 rings (SSSR count). The number of fused-ring (bicyclic) bond motifs is 3. The van der Waals surface area contributed by atoms with Gasteiger partial charge in [-0.1, -0.05) is 38.2 Å². The van der Waals surface area contributed by atoms with Crippen LogP contribution in [-0.2, 0) is 25.1 Å². The van der Waals surface area contributed by atoms with Crippen molar-refractivity contribution in [2.75, 3.05) is 19.0 Å². The van der Waals surface area contributed by atoms with E-state index in [0.29, 0.717) is 41.2 Å². The van der Waals surface area contributed by atoms with Crippen molar-refractivity contribution in [2.24, 2.45) is 5.92 Å². The van der Waals surface area contributed by atoms with Crippen LogP contribution in [0.5, 0.6) is 11.5 Å². The number of anilines is 1. The van der Waals surface area contributed by atoms with E-state index in [9.17, 15) is 32.6 Å². The Labute approximate surface area is 379 Å². The van der Waals surface area contributed by atoms with Gasteiger partial charge in [0.1, 0.15) is 58.2 Å². The highest BCUT2D eigenvalue weighted by Gasteiger charge is 2.66. The third-order valence-electron chi connectivity index (χ3n) is 13.1. The first kappa shape index (κ1) is 46.6. The molecule has 0 radical (unpaired) electrons. The van der Waals surface area contributed by atoms with Crippen molar-refractivity contribution in [2.45, 2.75) is 139 Å². The maximum Gasteiger partial charge on any atom is 0.408 e. The van der Waals surface area contributed by atoms with Gasteiger partial charge in [0.05, 0.1) is 25.5 Å². The monoisotopic (exact) mass is 940 g/mol. The summed E-state index contributed by atoms with van der Waals surface area (Å²) >= 11 is 1.35. The van der Waals surface area contributed by atoms with Gasteiger partial charge in [-0.05, 0) is 89.0 Å². The summed E-state index contributed by atoms with van der Waals surface area (Å²) in [5, 5.41) is 9.91. The van der Waals surface area contributed by atoms with Crippen LogP contribution in [0.1, 0.15) is 103 Å². The van der Waals surface area contributed by atoms with Crippen LogP contribution < -0.4 is 25.4 Å². The molecule has 14 nitrogen and oxygen atoms in total. The van der Waals surface area contributed by atoms with E-state index in [2.05, 4.69) is 25.9 Å². The van der Waals surface area contributed by atoms with Gasteiger partial charge >= 0.3 is 6.09 Å². The highest BCUT2D eigenvalue weighted by Crippen LogP contribution is 2.71. The Morgan fingerprint density at radius 3 is 2.40 bits per heavy atom. The van der Waals surface area contributed by atoms with E-state index in [-0.39, 0.29) is 55.0 Å². The van der Waals surface area contributed by atoms with Crippen molar-refractivity contribution in [3.05, 3.63) is 64.8 Å². The minimum atomic E-state index is -4.58. The maximum atomic E-state index is 16.0. The lowest BCUT2D eigenvalue weighted by atomic mass is 10.0. The number of carbonyl (C=O) groups excluding carboxylic acids is 3. The molecule has 65 heavy (non-hydrogen) atoms. The molecule has 2 saturated carbocycles. The molecule has 3 amide bonds. The first-order valence-electron chi connectivity index (χ1n) is 22.6. The fourth-order valence-electron chi connectivity index (χ4n) is 9.58. The molecule has 350 valence electrons. The van der Waals surface area contributed by atoms with E-state index < -0.39 is 83.8 Å². The van der Waals surface area contributed by atoms with Gasteiger partial charge in [-0.25, -0.2) is 27.9 Å². The second kappa shape index (κ2) is 19.5. The summed E-state index contributed by atoms with van der Waals surface area (Å²) < 4.78 is 78.1. The quantitative estimate of drug-likeness (QED) is 0.105. The SMILES string of the molecule is COc1ccc2c(O[C@@H]3C[C@H]4C(=O)N[C@]5(P(=O)(O)Cc6c(F)cccc6F)C[C@@H]5CCCCCCC[C@H](NC(=O)OC5CCCC5)C(=O)N4C3)cc(-c3csc(NC(C)C)n3)nc2c1F. The normalized spacial score (nSPS) is 25.2. The van der Waals surface area contributed by atoms with Gasteiger partial charge in [0, 0.05) is 34.9 Å². The van der Waals surface area contributed by atoms with Crippen LogP contribution in [0.2, 0.25) is 0 Å². The number of carbonyl (C=O) groups is 3. The average Bonchev–Trinajstić information content (AvgIpc) is 3.68. The number of thiazole rings is 1. The topological polar surface area (TPSA) is 181 Å². The number of amides is 3. The summed E-state index contributed by atoms with van der Waals surface area (Å²) in [4.78, 5) is 65.4. The third-order valence-corrected chi connectivity index (χ3v) is 16.5. The summed E-state index contributed by atoms with van der Waals surface area (Å²) in [5.41, 5.74) is 0.149. The summed E-state index contributed by atoms with van der Waals surface area (Å²) in [6.07, 6.45) is 4.91. The first-order valence-corrected chi connectivity index (χ1v) is 25.3. The zero-order valence-corrected chi connectivity index (χ0v) is 38.5. The number of benzene rings is 2. The van der Waals surface area contributed by atoms with Crippen molar-refractivity contribution < 1.29 is 51.2 Å². The molecule has 2 aliphatic heterocycles. The van der Waals surface area contributed by atoms with Gasteiger partial charge in [-0.2, -0.15) is 0 Å². The highest BCUT2D eigenvalue weighted by atomic mass is 32.1. The van der Waals surface area contributed by atoms with Crippen LogP contribution in [0.15, 0.2) is 41.8 Å². The molecule has 2 saturated heterocycles. The largest absolute Gasteiger partial charge is 0.494 e. The Balaban J connectivity index is 1.14. The molecule has 4 aliphatic rings. The van der Waals surface area contributed by atoms with E-state index in [4.69, 9.17) is 14.2 Å². The number of rotatable bonds is 11. The number of hydrogen-bond acceptors (Lipinski definition) is 11. The number of nitrogens with zero attached hydrogens (tertiary/aromatic N) is 3. The lowest BCUT2D eigenvalue weighted by Gasteiger charge is -2.31. The maximum absolute atomic E-state index is 16.0. The zero-order chi connectivity index (χ0) is 46.0. The number of halogens is 3. The lowest BCUT2D eigenvalue weighted by molar-refractivity contribution is -0.140. The Hall–Kier alpha value is -4.93. The fourth-order valence-corrected chi connectivity index (χ4v) is 12.9. The predicted molar refractivity (Wildman–Crippen MR) is 240 cm³/mol. The molecule has 4 heterocycles. The minimum absolute atomic E-state index is 0.0428. The molecule has 0 spiro atoms. The summed E-state index contributed by atoms with van der Waals surface area (Å²) in [7, 11) is -3.24. The Morgan fingerprint density at radius 2 is 1.68 bits per heavy atom. The molecule has 1 unspecified atom stereocenters. The smallest absolute Gasteiger partial charge is 0.408 e. The Bertz CT molecular complexity index is 2450. The van der Waals surface area contributed by atoms with Crippen molar-refractivity contribution in [1.82, 2.24) is 25.5 Å². The predicted octanol–water partition coefficient (Wildman–Crippen LogP) is 9.04. The van der Waals surface area contributed by atoms with Crippen LogP contribution >= 0.6 is 18.7 Å². The highest BCUT2D eigenvalue weighted by molar-refractivity contribution is 7.59. The van der Waals surface area contributed by atoms with E-state index >= 15 is 4.39 Å². The molecule has 19 heteroatoms. The number of aromatic nitrogens is 2. The number of hydrogen-bond donors (Lipinski definition) is 4. The van der Waals surface area contributed by atoms with Crippen LogP contribution in [0.3, 0.4) is 0 Å². The van der Waals surface area contributed by atoms with Gasteiger partial charge in [0.2, 0.25) is 19.2 Å². The summed E-state index contributed by atoms with van der Waals surface area (Å²) in [6, 6.07) is 5.63. The van der Waals surface area contributed by atoms with Crippen LogP contribution in [-0.4, -0.2) is 86.9 Å². The lowest BCUT2D eigenvalue weighted by Crippen LogP contribution is -2.55. The minimum Gasteiger partial charge on any atom is -0.494 e. The molecule has 2 aromatic carbocycles. The second-order valence-corrected chi connectivity index (χ2v) is 21.4. The number of ether oxygens (including phenoxy) is 3. The van der Waals surface area contributed by atoms with Gasteiger partial charge in [-0.15, -0.1) is 11.3 Å². The molecular weight excluding hydrogens is 885 g/mol. The molecule has 0 bridgehead atoms. The van der Waals surface area contributed by atoms with Crippen molar-refractivity contribution >= 4 is 52.6 Å². The van der Waals surface area contributed by atoms with Crippen LogP contribution in [0.4, 0.5) is 23.1 Å². The summed E-state index contributed by atoms with van der Waals surface area (Å²) in [5.74, 6) is -4.30. The van der Waals surface area contributed by atoms with E-state index in [1.807, 2.05) is 13.8 Å². The Morgan fingerprint density at radius 1 is 0.969 bits per heavy atom. The molecule has 4 fully saturated rings. The number of pyridine rings is 1. The van der Waals surface area contributed by atoms with E-state index in [1.165, 1.54) is 35.5 Å². The van der Waals surface area contributed by atoms with Crippen LogP contribution in [0, 0.1) is 23.4 Å². The first-order chi connectivity index (χ1) is 31.2. The van der Waals surface area contributed by atoms with E-state index in [1.54, 1.807) is 17.5 Å². The van der Waals surface area contributed by atoms with Crippen molar-refractivity contribution in [3.8, 4) is 22.9 Å². The Kier molecular flexibility index (Phi) is 14.0. The van der Waals surface area contributed by atoms with Gasteiger partial charge < -0.3 is 40.0 Å². The number of methoxy groups -OCH3 is 1. The number of alkyl carbamates (subject to hydrolysis) is 1. The molecule has 6 atom stereocenters. The zero-order valence-electron chi connectivity index (χ0n) is 36.7. The standard InChI is InChI=1S/C46H56F3N6O8PS/c1-26(2)50-44-52-36(25-65-44)35-21-39(30-18-19-38(61-3)40(49)41(30)51-35)62-29-20-37-42(56)54-46(64(59,60)24-31-32(47)15-11-16-33(31)48)22-27(46)12-7-5-4-6-8-17-34(43(57)55(37)23-29)53-45(58)63-28-13-9-10-14-28/h11,15-16,18-19,21,25-29,34,37H,4-10,12-14,17,20,22-24H2,1-3H3,(H,50,52)(H,53,58)(H,54,56)(H,59,60)/t27-,29+,34-,37-,46-/m0/s1. The molecular formula is C46H56F3N6O8PS. The van der Waals surface area contributed by atoms with Crippen molar-refractivity contribution in [1.29, 1.82) is 0 Å². The van der Waals surface area contributed by atoms with Gasteiger partial charge in [-0.3, -0.25) is 14.2 Å². The molecule has 2 aromatic heterocycles. The third kappa shape index (κ3) is 10.1. The van der Waals surface area contributed by atoms with Gasteiger partial charge in [0.25, 0.3) is 0 Å². The van der Waals surface area contributed by atoms with Gasteiger partial charge in [0.15, 0.2) is 16.7 Å². The molecule has 4 aromatic rings. The molecule has 2 aliphatic carbocycles. The average molecular weight is 941 g/mol. The second-order valence-electron chi connectivity index (χ2n) is 18.0. The fraction of sp³-hybridized carbons (Fsp3) is 0.543.